The lowest BCUT2D eigenvalue weighted by Crippen LogP contribution is -2.30. The zero-order valence-corrected chi connectivity index (χ0v) is 14.9. The summed E-state index contributed by atoms with van der Waals surface area (Å²) in [6.07, 6.45) is -2.97. The highest BCUT2D eigenvalue weighted by Crippen LogP contribution is 2.31. The van der Waals surface area contributed by atoms with Crippen molar-refractivity contribution in [3.05, 3.63) is 77.3 Å². The Morgan fingerprint density at radius 3 is 2.19 bits per heavy atom. The molecule has 3 rings (SSSR count). The van der Waals surface area contributed by atoms with Crippen molar-refractivity contribution >= 4 is 26.5 Å². The number of hydrogen-bond acceptors (Lipinski definition) is 4. The number of anilines is 1. The van der Waals surface area contributed by atoms with Crippen molar-refractivity contribution in [2.24, 2.45) is 0 Å². The Hall–Kier alpha value is -2.39. The molecule has 0 spiro atoms. The molecular weight excluding hydrogens is 385 g/mol. The van der Waals surface area contributed by atoms with Crippen LogP contribution in [0.2, 0.25) is 0 Å². The van der Waals surface area contributed by atoms with Crippen LogP contribution in [-0.2, 0) is 22.7 Å². The van der Waals surface area contributed by atoms with E-state index in [2.05, 4.69) is 4.98 Å². The van der Waals surface area contributed by atoms with Crippen LogP contribution in [-0.4, -0.2) is 13.4 Å². The SMILES string of the molecule is O=S(=O)(c1ccccc1)N(Cc1ccc(C(F)(F)F)cc1)c1nccs1. The van der Waals surface area contributed by atoms with Gasteiger partial charge >= 0.3 is 6.18 Å². The van der Waals surface area contributed by atoms with Crippen molar-refractivity contribution < 1.29 is 21.6 Å². The van der Waals surface area contributed by atoms with Gasteiger partial charge in [-0.3, -0.25) is 0 Å². The Kier molecular flexibility index (Phi) is 5.01. The fourth-order valence-corrected chi connectivity index (χ4v) is 4.58. The minimum Gasteiger partial charge on any atom is -0.237 e. The van der Waals surface area contributed by atoms with Crippen molar-refractivity contribution in [3.63, 3.8) is 0 Å². The summed E-state index contributed by atoms with van der Waals surface area (Å²) >= 11 is 1.13. The van der Waals surface area contributed by atoms with Gasteiger partial charge < -0.3 is 0 Å². The van der Waals surface area contributed by atoms with E-state index in [4.69, 9.17) is 0 Å². The number of hydrogen-bond donors (Lipinski definition) is 0. The Balaban J connectivity index is 1.96. The van der Waals surface area contributed by atoms with Crippen molar-refractivity contribution in [1.29, 1.82) is 0 Å². The molecule has 3 aromatic rings. The molecule has 136 valence electrons. The van der Waals surface area contributed by atoms with Crippen molar-refractivity contribution in [1.82, 2.24) is 4.98 Å². The Morgan fingerprint density at radius 1 is 1.00 bits per heavy atom. The molecule has 4 nitrogen and oxygen atoms in total. The molecule has 2 aromatic carbocycles. The molecule has 0 aliphatic heterocycles. The first-order chi connectivity index (χ1) is 12.3. The van der Waals surface area contributed by atoms with Gasteiger partial charge in [0.25, 0.3) is 10.0 Å². The molecule has 0 amide bonds. The molecule has 26 heavy (non-hydrogen) atoms. The van der Waals surface area contributed by atoms with Gasteiger partial charge in [-0.25, -0.2) is 17.7 Å². The van der Waals surface area contributed by atoms with E-state index in [1.807, 2.05) is 0 Å². The van der Waals surface area contributed by atoms with E-state index in [-0.39, 0.29) is 16.6 Å². The molecule has 0 aliphatic rings. The average molecular weight is 398 g/mol. The summed E-state index contributed by atoms with van der Waals surface area (Å²) in [5, 5.41) is 1.88. The highest BCUT2D eigenvalue weighted by molar-refractivity contribution is 7.93. The number of rotatable bonds is 5. The third-order valence-corrected chi connectivity index (χ3v) is 6.23. The fraction of sp³-hybridized carbons (Fsp3) is 0.118. The summed E-state index contributed by atoms with van der Waals surface area (Å²) in [6.45, 7) is -0.122. The van der Waals surface area contributed by atoms with E-state index in [9.17, 15) is 21.6 Å². The maximum atomic E-state index is 13.0. The Labute approximate surface area is 152 Å². The van der Waals surface area contributed by atoms with Crippen molar-refractivity contribution in [3.8, 4) is 0 Å². The first-order valence-electron chi connectivity index (χ1n) is 7.42. The molecule has 0 saturated heterocycles. The average Bonchev–Trinajstić information content (AvgIpc) is 3.14. The molecule has 0 bridgehead atoms. The molecule has 0 N–H and O–H groups in total. The maximum Gasteiger partial charge on any atom is 0.416 e. The summed E-state index contributed by atoms with van der Waals surface area (Å²) in [4.78, 5) is 4.13. The fourth-order valence-electron chi connectivity index (χ4n) is 2.28. The van der Waals surface area contributed by atoms with E-state index in [1.165, 1.54) is 30.5 Å². The maximum absolute atomic E-state index is 13.0. The zero-order chi connectivity index (χ0) is 18.8. The third-order valence-electron chi connectivity index (χ3n) is 3.57. The van der Waals surface area contributed by atoms with E-state index in [1.54, 1.807) is 23.6 Å². The molecule has 0 saturated carbocycles. The predicted octanol–water partition coefficient (Wildman–Crippen LogP) is 4.56. The van der Waals surface area contributed by atoms with Crippen LogP contribution in [0.4, 0.5) is 18.3 Å². The zero-order valence-electron chi connectivity index (χ0n) is 13.2. The molecule has 9 heteroatoms. The van der Waals surface area contributed by atoms with Crippen LogP contribution in [0, 0.1) is 0 Å². The van der Waals surface area contributed by atoms with Crippen LogP contribution in [0.25, 0.3) is 0 Å². The quantitative estimate of drug-likeness (QED) is 0.633. The van der Waals surface area contributed by atoms with Gasteiger partial charge in [-0.2, -0.15) is 13.2 Å². The summed E-state index contributed by atoms with van der Waals surface area (Å²) in [7, 11) is -3.90. The van der Waals surface area contributed by atoms with Crippen molar-refractivity contribution in [2.75, 3.05) is 4.31 Å². The Bertz CT molecular complexity index is 956. The Morgan fingerprint density at radius 2 is 1.65 bits per heavy atom. The monoisotopic (exact) mass is 398 g/mol. The first kappa shape index (κ1) is 18.4. The molecule has 0 fully saturated rings. The lowest BCUT2D eigenvalue weighted by atomic mass is 10.1. The van der Waals surface area contributed by atoms with Gasteiger partial charge in [-0.15, -0.1) is 11.3 Å². The van der Waals surface area contributed by atoms with Gasteiger partial charge in [-0.05, 0) is 29.8 Å². The van der Waals surface area contributed by atoms with Gasteiger partial charge in [0.15, 0.2) is 5.13 Å². The van der Waals surface area contributed by atoms with Gasteiger partial charge in [0.1, 0.15) is 0 Å². The second kappa shape index (κ2) is 7.08. The van der Waals surface area contributed by atoms with Gasteiger partial charge in [-0.1, -0.05) is 30.3 Å². The highest BCUT2D eigenvalue weighted by atomic mass is 32.2. The lowest BCUT2D eigenvalue weighted by molar-refractivity contribution is -0.137. The topological polar surface area (TPSA) is 50.3 Å². The smallest absolute Gasteiger partial charge is 0.237 e. The molecule has 0 radical (unpaired) electrons. The molecule has 0 unspecified atom stereocenters. The van der Waals surface area contributed by atoms with Gasteiger partial charge in [0.05, 0.1) is 17.0 Å². The summed E-state index contributed by atoms with van der Waals surface area (Å²) in [5.74, 6) is 0. The van der Waals surface area contributed by atoms with Crippen LogP contribution >= 0.6 is 11.3 Å². The number of nitrogens with zero attached hydrogens (tertiary/aromatic N) is 2. The minimum atomic E-state index is -4.44. The molecule has 0 aliphatic carbocycles. The molecule has 1 aromatic heterocycles. The summed E-state index contributed by atoms with van der Waals surface area (Å²) in [6, 6.07) is 12.2. The predicted molar refractivity (Wildman–Crippen MR) is 93.4 cm³/mol. The van der Waals surface area contributed by atoms with Gasteiger partial charge in [0, 0.05) is 11.6 Å². The van der Waals surface area contributed by atoms with Crippen molar-refractivity contribution in [2.45, 2.75) is 17.6 Å². The molecule has 1 heterocycles. The number of sulfonamides is 1. The molecule has 0 atom stereocenters. The van der Waals surface area contributed by atoms with E-state index < -0.39 is 21.8 Å². The largest absolute Gasteiger partial charge is 0.416 e. The van der Waals surface area contributed by atoms with E-state index in [0.717, 1.165) is 27.8 Å². The van der Waals surface area contributed by atoms with Crippen LogP contribution in [0.15, 0.2) is 71.1 Å². The highest BCUT2D eigenvalue weighted by Gasteiger charge is 2.31. The van der Waals surface area contributed by atoms with Gasteiger partial charge in [0.2, 0.25) is 0 Å². The standard InChI is InChI=1S/C17H13F3N2O2S2/c18-17(19,20)14-8-6-13(7-9-14)12-22(16-21-10-11-25-16)26(23,24)15-4-2-1-3-5-15/h1-11H,12H2. The van der Waals surface area contributed by atoms with Crippen LogP contribution in [0.3, 0.4) is 0 Å². The summed E-state index contributed by atoms with van der Waals surface area (Å²) in [5.41, 5.74) is -0.360. The van der Waals surface area contributed by atoms with E-state index >= 15 is 0 Å². The van der Waals surface area contributed by atoms with Crippen LogP contribution in [0.5, 0.6) is 0 Å². The number of thiazole rings is 1. The number of alkyl halides is 3. The summed E-state index contributed by atoms with van der Waals surface area (Å²) < 4.78 is 65.1. The first-order valence-corrected chi connectivity index (χ1v) is 9.74. The second-order valence-corrected chi connectivity index (χ2v) is 8.07. The minimum absolute atomic E-state index is 0.0853. The van der Waals surface area contributed by atoms with E-state index in [0.29, 0.717) is 5.56 Å². The lowest BCUT2D eigenvalue weighted by Gasteiger charge is -2.22. The number of aromatic nitrogens is 1. The van der Waals surface area contributed by atoms with Crippen LogP contribution in [0.1, 0.15) is 11.1 Å². The third kappa shape index (κ3) is 3.88. The number of benzene rings is 2. The van der Waals surface area contributed by atoms with Crippen LogP contribution < -0.4 is 4.31 Å². The molecular formula is C17H13F3N2O2S2. The second-order valence-electron chi connectivity index (χ2n) is 5.33. The normalized spacial score (nSPS) is 12.1. The number of halogens is 3.